The summed E-state index contributed by atoms with van der Waals surface area (Å²) in [5.74, 6) is 0.701. The number of hydrogen-bond donors (Lipinski definition) is 0. The molecule has 2 rings (SSSR count). The summed E-state index contributed by atoms with van der Waals surface area (Å²) in [5, 5.41) is 0. The molecule has 0 bridgehead atoms. The number of carbonyl (C=O) groups excluding carboxylic acids is 1. The number of likely N-dealkylation sites (tertiary alicyclic amines) is 1. The number of carbonyl (C=O) groups is 1. The third kappa shape index (κ3) is 2.64. The molecule has 0 radical (unpaired) electrons. The first-order chi connectivity index (χ1) is 7.66. The van der Waals surface area contributed by atoms with E-state index in [1.165, 1.54) is 12.0 Å². The van der Waals surface area contributed by atoms with Gasteiger partial charge in [-0.3, -0.25) is 4.79 Å². The van der Waals surface area contributed by atoms with E-state index in [0.717, 1.165) is 24.0 Å². The predicted molar refractivity (Wildman–Crippen MR) is 68.4 cm³/mol. The number of amides is 1. The highest BCUT2D eigenvalue weighted by Crippen LogP contribution is 2.27. The van der Waals surface area contributed by atoms with Crippen molar-refractivity contribution in [3.63, 3.8) is 0 Å². The smallest absolute Gasteiger partial charge is 0.219 e. The van der Waals surface area contributed by atoms with E-state index in [2.05, 4.69) is 40.2 Å². The molecular weight excluding hydrogens is 266 g/mol. The normalized spacial score (nSPS) is 20.9. The van der Waals surface area contributed by atoms with Gasteiger partial charge in [-0.1, -0.05) is 28.1 Å². The van der Waals surface area contributed by atoms with Crippen molar-refractivity contribution in [2.45, 2.75) is 25.7 Å². The summed E-state index contributed by atoms with van der Waals surface area (Å²) in [5.41, 5.74) is 1.34. The van der Waals surface area contributed by atoms with Gasteiger partial charge in [-0.05, 0) is 30.5 Å². The Bertz CT molecular complexity index is 374. The van der Waals surface area contributed by atoms with E-state index in [9.17, 15) is 4.79 Å². The van der Waals surface area contributed by atoms with Crippen molar-refractivity contribution in [2.24, 2.45) is 0 Å². The molecule has 1 atom stereocenters. The van der Waals surface area contributed by atoms with Gasteiger partial charge in [0.2, 0.25) is 5.91 Å². The van der Waals surface area contributed by atoms with Gasteiger partial charge < -0.3 is 4.90 Å². The van der Waals surface area contributed by atoms with E-state index in [1.54, 1.807) is 6.92 Å². The van der Waals surface area contributed by atoms with Crippen LogP contribution in [0.4, 0.5) is 0 Å². The Kier molecular flexibility index (Phi) is 3.64. The summed E-state index contributed by atoms with van der Waals surface area (Å²) in [6.07, 6.45) is 2.30. The molecule has 1 amide bonds. The maximum absolute atomic E-state index is 11.3. The molecule has 1 heterocycles. The van der Waals surface area contributed by atoms with Gasteiger partial charge in [0.25, 0.3) is 0 Å². The van der Waals surface area contributed by atoms with Crippen molar-refractivity contribution in [3.8, 4) is 0 Å². The molecule has 2 nitrogen and oxygen atoms in total. The summed E-state index contributed by atoms with van der Waals surface area (Å²) >= 11 is 3.44. The third-order valence-electron chi connectivity index (χ3n) is 3.21. The van der Waals surface area contributed by atoms with Crippen LogP contribution in [0.2, 0.25) is 0 Å². The Morgan fingerprint density at radius 3 is 2.69 bits per heavy atom. The molecule has 1 aromatic carbocycles. The summed E-state index contributed by atoms with van der Waals surface area (Å²) in [4.78, 5) is 13.3. The zero-order chi connectivity index (χ0) is 11.5. The van der Waals surface area contributed by atoms with Gasteiger partial charge in [-0.25, -0.2) is 0 Å². The molecular formula is C13H16BrNO. The van der Waals surface area contributed by atoms with Crippen molar-refractivity contribution in [1.29, 1.82) is 0 Å². The fourth-order valence-corrected chi connectivity index (χ4v) is 2.53. The quantitative estimate of drug-likeness (QED) is 0.774. The maximum atomic E-state index is 11.3. The fourth-order valence-electron chi connectivity index (χ4n) is 2.27. The average Bonchev–Trinajstić information content (AvgIpc) is 2.30. The number of hydrogen-bond acceptors (Lipinski definition) is 1. The van der Waals surface area contributed by atoms with Crippen LogP contribution in [0.15, 0.2) is 28.7 Å². The molecule has 3 heteroatoms. The number of nitrogens with zero attached hydrogens (tertiary/aromatic N) is 1. The van der Waals surface area contributed by atoms with Crippen molar-refractivity contribution in [2.75, 3.05) is 13.1 Å². The summed E-state index contributed by atoms with van der Waals surface area (Å²) in [7, 11) is 0. The number of piperidine rings is 1. The lowest BCUT2D eigenvalue weighted by Crippen LogP contribution is -2.37. The lowest BCUT2D eigenvalue weighted by atomic mass is 9.91. The van der Waals surface area contributed by atoms with E-state index in [4.69, 9.17) is 0 Å². The maximum Gasteiger partial charge on any atom is 0.219 e. The van der Waals surface area contributed by atoms with E-state index in [1.807, 2.05) is 4.90 Å². The second-order valence-corrected chi connectivity index (χ2v) is 5.27. The molecule has 16 heavy (non-hydrogen) atoms. The zero-order valence-electron chi connectivity index (χ0n) is 9.45. The molecule has 0 saturated carbocycles. The van der Waals surface area contributed by atoms with Gasteiger partial charge in [0.1, 0.15) is 0 Å². The van der Waals surface area contributed by atoms with Crippen LogP contribution >= 0.6 is 15.9 Å². The van der Waals surface area contributed by atoms with Crippen LogP contribution in [-0.4, -0.2) is 23.9 Å². The Morgan fingerprint density at radius 1 is 1.38 bits per heavy atom. The average molecular weight is 282 g/mol. The van der Waals surface area contributed by atoms with Gasteiger partial charge in [-0.2, -0.15) is 0 Å². The molecule has 1 saturated heterocycles. The van der Waals surface area contributed by atoms with Crippen LogP contribution in [0.1, 0.15) is 31.2 Å². The third-order valence-corrected chi connectivity index (χ3v) is 3.74. The Morgan fingerprint density at radius 2 is 2.06 bits per heavy atom. The largest absolute Gasteiger partial charge is 0.342 e. The lowest BCUT2D eigenvalue weighted by Gasteiger charge is -2.32. The fraction of sp³-hybridized carbons (Fsp3) is 0.462. The Hall–Kier alpha value is -0.830. The molecule has 0 spiro atoms. The Labute approximate surface area is 105 Å². The highest BCUT2D eigenvalue weighted by Gasteiger charge is 2.22. The zero-order valence-corrected chi connectivity index (χ0v) is 11.0. The van der Waals surface area contributed by atoms with Crippen molar-refractivity contribution >= 4 is 21.8 Å². The van der Waals surface area contributed by atoms with Gasteiger partial charge in [0, 0.05) is 30.4 Å². The molecule has 0 aliphatic carbocycles. The van der Waals surface area contributed by atoms with Gasteiger partial charge in [0.15, 0.2) is 0 Å². The van der Waals surface area contributed by atoms with Crippen LogP contribution in [0.3, 0.4) is 0 Å². The summed E-state index contributed by atoms with van der Waals surface area (Å²) in [6.45, 7) is 3.45. The molecule has 1 aromatic rings. The monoisotopic (exact) mass is 281 g/mol. The van der Waals surface area contributed by atoms with Crippen LogP contribution < -0.4 is 0 Å². The topological polar surface area (TPSA) is 20.3 Å². The first-order valence-corrected chi connectivity index (χ1v) is 6.47. The van der Waals surface area contributed by atoms with E-state index >= 15 is 0 Å². The first kappa shape index (κ1) is 11.6. The lowest BCUT2D eigenvalue weighted by molar-refractivity contribution is -0.130. The minimum atomic E-state index is 0.196. The van der Waals surface area contributed by atoms with Crippen molar-refractivity contribution in [1.82, 2.24) is 4.90 Å². The van der Waals surface area contributed by atoms with Crippen LogP contribution in [-0.2, 0) is 4.79 Å². The van der Waals surface area contributed by atoms with Crippen molar-refractivity contribution < 1.29 is 4.79 Å². The number of rotatable bonds is 1. The standard InChI is InChI=1S/C13H16BrNO/c1-10(16)15-8-2-3-12(9-15)11-4-6-13(14)7-5-11/h4-7,12H,2-3,8-9H2,1H3/t12-/m1/s1. The predicted octanol–water partition coefficient (Wildman–Crippen LogP) is 3.18. The molecule has 0 unspecified atom stereocenters. The van der Waals surface area contributed by atoms with Gasteiger partial charge in [-0.15, -0.1) is 0 Å². The van der Waals surface area contributed by atoms with E-state index < -0.39 is 0 Å². The highest BCUT2D eigenvalue weighted by atomic mass is 79.9. The number of benzene rings is 1. The molecule has 0 aromatic heterocycles. The highest BCUT2D eigenvalue weighted by molar-refractivity contribution is 9.10. The van der Waals surface area contributed by atoms with Crippen molar-refractivity contribution in [3.05, 3.63) is 34.3 Å². The minimum Gasteiger partial charge on any atom is -0.342 e. The van der Waals surface area contributed by atoms with Crippen LogP contribution in [0, 0.1) is 0 Å². The SMILES string of the molecule is CC(=O)N1CCC[C@@H](c2ccc(Br)cc2)C1. The number of halogens is 1. The Balaban J connectivity index is 2.09. The van der Waals surface area contributed by atoms with Crippen LogP contribution in [0.25, 0.3) is 0 Å². The summed E-state index contributed by atoms with van der Waals surface area (Å²) in [6, 6.07) is 8.45. The second kappa shape index (κ2) is 5.00. The molecule has 1 aliphatic rings. The van der Waals surface area contributed by atoms with E-state index in [-0.39, 0.29) is 5.91 Å². The summed E-state index contributed by atoms with van der Waals surface area (Å²) < 4.78 is 1.11. The molecule has 1 aliphatic heterocycles. The minimum absolute atomic E-state index is 0.196. The molecule has 0 N–H and O–H groups in total. The second-order valence-electron chi connectivity index (χ2n) is 4.36. The molecule has 86 valence electrons. The molecule has 1 fully saturated rings. The van der Waals surface area contributed by atoms with E-state index in [0.29, 0.717) is 5.92 Å². The first-order valence-electron chi connectivity index (χ1n) is 5.68. The van der Waals surface area contributed by atoms with Gasteiger partial charge >= 0.3 is 0 Å². The van der Waals surface area contributed by atoms with Gasteiger partial charge in [0.05, 0.1) is 0 Å². The van der Waals surface area contributed by atoms with Crippen LogP contribution in [0.5, 0.6) is 0 Å².